The SMILES string of the molecule is CCC(C)(C)C1CCC(NC2CCc3sc(Cl)cc32)CC1. The van der Waals surface area contributed by atoms with E-state index >= 15 is 0 Å². The molecular formula is C18H28ClNS. The summed E-state index contributed by atoms with van der Waals surface area (Å²) in [6, 6.07) is 3.46. The van der Waals surface area contributed by atoms with Crippen LogP contribution in [-0.2, 0) is 6.42 Å². The molecule has 0 amide bonds. The largest absolute Gasteiger partial charge is 0.307 e. The number of thiophene rings is 1. The molecule has 21 heavy (non-hydrogen) atoms. The number of hydrogen-bond acceptors (Lipinski definition) is 2. The van der Waals surface area contributed by atoms with Crippen molar-refractivity contribution in [3.05, 3.63) is 20.8 Å². The minimum absolute atomic E-state index is 0.520. The highest BCUT2D eigenvalue weighted by Gasteiger charge is 2.33. The highest BCUT2D eigenvalue weighted by Crippen LogP contribution is 2.43. The Morgan fingerprint density at radius 3 is 2.62 bits per heavy atom. The van der Waals surface area contributed by atoms with Crippen molar-refractivity contribution in [2.75, 3.05) is 0 Å². The zero-order valence-electron chi connectivity index (χ0n) is 13.5. The standard InChI is InChI=1S/C18H28ClNS/c1-4-18(2,3)12-5-7-13(8-6-12)20-15-9-10-16-14(15)11-17(19)21-16/h11-13,15,20H,4-10H2,1-3H3. The molecule has 0 radical (unpaired) electrons. The molecule has 0 spiro atoms. The van der Waals surface area contributed by atoms with Gasteiger partial charge < -0.3 is 5.32 Å². The van der Waals surface area contributed by atoms with Crippen LogP contribution in [0.25, 0.3) is 0 Å². The molecule has 1 aromatic heterocycles. The van der Waals surface area contributed by atoms with E-state index in [0.717, 1.165) is 10.3 Å². The quantitative estimate of drug-likeness (QED) is 0.718. The molecular weight excluding hydrogens is 298 g/mol. The van der Waals surface area contributed by atoms with Gasteiger partial charge in [-0.25, -0.2) is 0 Å². The van der Waals surface area contributed by atoms with Crippen molar-refractivity contribution < 1.29 is 0 Å². The van der Waals surface area contributed by atoms with Gasteiger partial charge in [0, 0.05) is 17.0 Å². The summed E-state index contributed by atoms with van der Waals surface area (Å²) in [6.45, 7) is 7.23. The maximum absolute atomic E-state index is 6.16. The molecule has 2 aliphatic carbocycles. The molecule has 1 fully saturated rings. The van der Waals surface area contributed by atoms with Crippen LogP contribution in [0, 0.1) is 11.3 Å². The van der Waals surface area contributed by atoms with E-state index in [2.05, 4.69) is 32.2 Å². The highest BCUT2D eigenvalue weighted by atomic mass is 35.5. The van der Waals surface area contributed by atoms with Gasteiger partial charge in [0.25, 0.3) is 0 Å². The smallest absolute Gasteiger partial charge is 0.0934 e. The van der Waals surface area contributed by atoms with E-state index < -0.39 is 0 Å². The Bertz CT molecular complexity index is 485. The summed E-state index contributed by atoms with van der Waals surface area (Å²) in [5.74, 6) is 0.912. The van der Waals surface area contributed by atoms with E-state index in [0.29, 0.717) is 17.5 Å². The van der Waals surface area contributed by atoms with E-state index in [1.54, 1.807) is 11.3 Å². The molecule has 1 N–H and O–H groups in total. The molecule has 0 aromatic carbocycles. The van der Waals surface area contributed by atoms with Crippen LogP contribution in [0.15, 0.2) is 6.07 Å². The fourth-order valence-corrected chi connectivity index (χ4v) is 5.48. The predicted molar refractivity (Wildman–Crippen MR) is 93.3 cm³/mol. The molecule has 1 nitrogen and oxygen atoms in total. The average Bonchev–Trinajstić information content (AvgIpc) is 3.00. The van der Waals surface area contributed by atoms with Crippen molar-refractivity contribution in [3.8, 4) is 0 Å². The molecule has 1 atom stereocenters. The number of rotatable bonds is 4. The first-order valence-electron chi connectivity index (χ1n) is 8.53. The highest BCUT2D eigenvalue weighted by molar-refractivity contribution is 7.16. The van der Waals surface area contributed by atoms with Crippen LogP contribution in [-0.4, -0.2) is 6.04 Å². The van der Waals surface area contributed by atoms with Crippen molar-refractivity contribution >= 4 is 22.9 Å². The van der Waals surface area contributed by atoms with Gasteiger partial charge in [-0.05, 0) is 61.5 Å². The number of nitrogens with one attached hydrogen (secondary N) is 1. The molecule has 2 aliphatic rings. The van der Waals surface area contributed by atoms with Gasteiger partial charge in [0.1, 0.15) is 0 Å². The fraction of sp³-hybridized carbons (Fsp3) is 0.778. The first-order chi connectivity index (χ1) is 9.99. The maximum Gasteiger partial charge on any atom is 0.0934 e. The fourth-order valence-electron chi connectivity index (χ4n) is 4.12. The van der Waals surface area contributed by atoms with Gasteiger partial charge in [-0.3, -0.25) is 0 Å². The lowest BCUT2D eigenvalue weighted by molar-refractivity contribution is 0.134. The van der Waals surface area contributed by atoms with Crippen LogP contribution in [0.1, 0.15) is 75.8 Å². The van der Waals surface area contributed by atoms with E-state index in [4.69, 9.17) is 11.6 Å². The lowest BCUT2D eigenvalue weighted by Gasteiger charge is -2.39. The van der Waals surface area contributed by atoms with E-state index in [1.807, 2.05) is 0 Å². The monoisotopic (exact) mass is 325 g/mol. The third kappa shape index (κ3) is 3.33. The molecule has 3 rings (SSSR count). The Hall–Kier alpha value is -0.0500. The van der Waals surface area contributed by atoms with Crippen LogP contribution in [0.2, 0.25) is 4.34 Å². The molecule has 0 saturated heterocycles. The van der Waals surface area contributed by atoms with Crippen molar-refractivity contribution in [1.82, 2.24) is 5.32 Å². The van der Waals surface area contributed by atoms with Crippen LogP contribution in [0.4, 0.5) is 0 Å². The Labute approximate surface area is 138 Å². The van der Waals surface area contributed by atoms with Gasteiger partial charge in [-0.2, -0.15) is 0 Å². The van der Waals surface area contributed by atoms with Crippen LogP contribution < -0.4 is 5.32 Å². The Morgan fingerprint density at radius 2 is 1.95 bits per heavy atom. The van der Waals surface area contributed by atoms with Gasteiger partial charge in [0.15, 0.2) is 0 Å². The van der Waals surface area contributed by atoms with Gasteiger partial charge in [0.05, 0.1) is 4.34 Å². The number of fused-ring (bicyclic) bond motifs is 1. The van der Waals surface area contributed by atoms with Crippen LogP contribution in [0.5, 0.6) is 0 Å². The summed E-state index contributed by atoms with van der Waals surface area (Å²) >= 11 is 7.94. The summed E-state index contributed by atoms with van der Waals surface area (Å²) in [6.07, 6.45) is 9.25. The second-order valence-electron chi connectivity index (χ2n) is 7.58. The zero-order chi connectivity index (χ0) is 15.0. The van der Waals surface area contributed by atoms with Crippen molar-refractivity contribution in [3.63, 3.8) is 0 Å². The van der Waals surface area contributed by atoms with Gasteiger partial charge in [0.2, 0.25) is 0 Å². The van der Waals surface area contributed by atoms with Crippen molar-refractivity contribution in [2.45, 2.75) is 77.8 Å². The normalized spacial score (nSPS) is 29.6. The summed E-state index contributed by atoms with van der Waals surface area (Å²) in [7, 11) is 0. The number of aryl methyl sites for hydroxylation is 1. The first kappa shape index (κ1) is 15.8. The predicted octanol–water partition coefficient (Wildman–Crippen LogP) is 5.97. The number of halogens is 1. The first-order valence-corrected chi connectivity index (χ1v) is 9.73. The Balaban J connectivity index is 1.55. The topological polar surface area (TPSA) is 12.0 Å². The molecule has 1 heterocycles. The summed E-state index contributed by atoms with van der Waals surface area (Å²) in [5.41, 5.74) is 2.01. The molecule has 1 unspecified atom stereocenters. The van der Waals surface area contributed by atoms with Crippen molar-refractivity contribution in [1.29, 1.82) is 0 Å². The summed E-state index contributed by atoms with van der Waals surface area (Å²) < 4.78 is 0.958. The molecule has 1 saturated carbocycles. The van der Waals surface area contributed by atoms with Crippen LogP contribution in [0.3, 0.4) is 0 Å². The van der Waals surface area contributed by atoms with E-state index in [-0.39, 0.29) is 0 Å². The molecule has 1 aromatic rings. The molecule has 0 bridgehead atoms. The Morgan fingerprint density at radius 1 is 1.24 bits per heavy atom. The lowest BCUT2D eigenvalue weighted by Crippen LogP contribution is -2.38. The van der Waals surface area contributed by atoms with Gasteiger partial charge in [-0.15, -0.1) is 11.3 Å². The van der Waals surface area contributed by atoms with E-state index in [1.165, 1.54) is 55.4 Å². The summed E-state index contributed by atoms with van der Waals surface area (Å²) in [5, 5.41) is 3.93. The molecule has 3 heteroatoms. The van der Waals surface area contributed by atoms with Gasteiger partial charge >= 0.3 is 0 Å². The second kappa shape index (κ2) is 6.22. The van der Waals surface area contributed by atoms with Crippen molar-refractivity contribution in [2.24, 2.45) is 11.3 Å². The lowest BCUT2D eigenvalue weighted by atomic mass is 9.69. The third-order valence-corrected chi connectivity index (χ3v) is 7.37. The molecule has 118 valence electrons. The Kier molecular flexibility index (Phi) is 4.69. The number of hydrogen-bond donors (Lipinski definition) is 1. The average molecular weight is 326 g/mol. The van der Waals surface area contributed by atoms with Crippen LogP contribution >= 0.6 is 22.9 Å². The van der Waals surface area contributed by atoms with E-state index in [9.17, 15) is 0 Å². The summed E-state index contributed by atoms with van der Waals surface area (Å²) in [4.78, 5) is 1.51. The zero-order valence-corrected chi connectivity index (χ0v) is 15.1. The minimum Gasteiger partial charge on any atom is -0.307 e. The second-order valence-corrected chi connectivity index (χ2v) is 9.35. The molecule has 0 aliphatic heterocycles. The third-order valence-electron chi connectivity index (χ3n) is 6.03. The van der Waals surface area contributed by atoms with Gasteiger partial charge in [-0.1, -0.05) is 38.8 Å². The maximum atomic E-state index is 6.16. The minimum atomic E-state index is 0.520.